The summed E-state index contributed by atoms with van der Waals surface area (Å²) in [6.45, 7) is 0.329. The van der Waals surface area contributed by atoms with Crippen molar-refractivity contribution in [2.24, 2.45) is 0 Å². The standard InChI is InChI=1S/C9H7BrN4O2/c10-8-1-2-9(14(15)16)7(3-8)4-13-6-11-5-12-13/h1-3,5-6H,4H2. The molecule has 0 amide bonds. The summed E-state index contributed by atoms with van der Waals surface area (Å²) in [6.07, 6.45) is 2.91. The van der Waals surface area contributed by atoms with Crippen LogP contribution in [-0.2, 0) is 6.54 Å². The first-order valence-electron chi connectivity index (χ1n) is 4.42. The number of aromatic nitrogens is 3. The molecule has 0 unspecified atom stereocenters. The van der Waals surface area contributed by atoms with E-state index < -0.39 is 4.92 Å². The van der Waals surface area contributed by atoms with Crippen molar-refractivity contribution < 1.29 is 4.92 Å². The minimum absolute atomic E-state index is 0.0821. The summed E-state index contributed by atoms with van der Waals surface area (Å²) in [5, 5.41) is 14.7. The molecule has 0 radical (unpaired) electrons. The second kappa shape index (κ2) is 4.40. The number of benzene rings is 1. The fourth-order valence-electron chi connectivity index (χ4n) is 1.35. The lowest BCUT2D eigenvalue weighted by molar-refractivity contribution is -0.385. The second-order valence-corrected chi connectivity index (χ2v) is 4.04. The second-order valence-electron chi connectivity index (χ2n) is 3.12. The zero-order valence-electron chi connectivity index (χ0n) is 8.08. The quantitative estimate of drug-likeness (QED) is 0.637. The summed E-state index contributed by atoms with van der Waals surface area (Å²) in [4.78, 5) is 14.2. The van der Waals surface area contributed by atoms with Crippen molar-refractivity contribution in [3.05, 3.63) is 51.0 Å². The third kappa shape index (κ3) is 2.25. The molecule has 0 N–H and O–H groups in total. The molecule has 0 bridgehead atoms. The Bertz CT molecular complexity index is 512. The lowest BCUT2D eigenvalue weighted by atomic mass is 10.2. The van der Waals surface area contributed by atoms with Crippen LogP contribution < -0.4 is 0 Å². The molecular formula is C9H7BrN4O2. The van der Waals surface area contributed by atoms with Gasteiger partial charge in [-0.15, -0.1) is 0 Å². The molecule has 16 heavy (non-hydrogen) atoms. The van der Waals surface area contributed by atoms with Gasteiger partial charge in [-0.3, -0.25) is 10.1 Å². The Morgan fingerprint density at radius 3 is 2.94 bits per heavy atom. The van der Waals surface area contributed by atoms with Crippen molar-refractivity contribution in [3.8, 4) is 0 Å². The Hall–Kier alpha value is -1.76. The number of hydrogen-bond acceptors (Lipinski definition) is 4. The van der Waals surface area contributed by atoms with Gasteiger partial charge in [0.1, 0.15) is 12.7 Å². The molecule has 2 aromatic rings. The Morgan fingerprint density at radius 1 is 1.50 bits per heavy atom. The van der Waals surface area contributed by atoms with Gasteiger partial charge in [0, 0.05) is 10.5 Å². The number of nitrogens with zero attached hydrogens (tertiary/aromatic N) is 4. The predicted octanol–water partition coefficient (Wildman–Crippen LogP) is 2.00. The largest absolute Gasteiger partial charge is 0.274 e. The molecular weight excluding hydrogens is 276 g/mol. The van der Waals surface area contributed by atoms with Crippen LogP contribution in [0.15, 0.2) is 35.3 Å². The molecule has 1 aromatic carbocycles. The molecule has 6 nitrogen and oxygen atoms in total. The lowest BCUT2D eigenvalue weighted by Crippen LogP contribution is -2.03. The Labute approximate surface area is 99.2 Å². The van der Waals surface area contributed by atoms with Crippen molar-refractivity contribution >= 4 is 21.6 Å². The van der Waals surface area contributed by atoms with Crippen molar-refractivity contribution in [2.45, 2.75) is 6.54 Å². The highest BCUT2D eigenvalue weighted by molar-refractivity contribution is 9.10. The Kier molecular flexibility index (Phi) is 2.95. The van der Waals surface area contributed by atoms with Gasteiger partial charge in [-0.1, -0.05) is 15.9 Å². The van der Waals surface area contributed by atoms with Gasteiger partial charge in [0.05, 0.1) is 17.0 Å². The highest BCUT2D eigenvalue weighted by Gasteiger charge is 2.14. The SMILES string of the molecule is O=[N+]([O-])c1ccc(Br)cc1Cn1cncn1. The van der Waals surface area contributed by atoms with Crippen LogP contribution in [0.2, 0.25) is 0 Å². The molecule has 0 saturated heterocycles. The van der Waals surface area contributed by atoms with E-state index >= 15 is 0 Å². The van der Waals surface area contributed by atoms with Crippen LogP contribution >= 0.6 is 15.9 Å². The summed E-state index contributed by atoms with van der Waals surface area (Å²) >= 11 is 3.28. The number of rotatable bonds is 3. The van der Waals surface area contributed by atoms with Crippen molar-refractivity contribution in [1.29, 1.82) is 0 Å². The minimum Gasteiger partial charge on any atom is -0.258 e. The Morgan fingerprint density at radius 2 is 2.31 bits per heavy atom. The van der Waals surface area contributed by atoms with Crippen LogP contribution in [0.1, 0.15) is 5.56 Å². The van der Waals surface area contributed by atoms with Crippen molar-refractivity contribution in [1.82, 2.24) is 14.8 Å². The maximum atomic E-state index is 10.8. The zero-order chi connectivity index (χ0) is 11.5. The molecule has 2 rings (SSSR count). The van der Waals surface area contributed by atoms with E-state index in [1.54, 1.807) is 12.1 Å². The van der Waals surface area contributed by atoms with E-state index in [1.807, 2.05) is 0 Å². The van der Waals surface area contributed by atoms with Gasteiger partial charge in [0.25, 0.3) is 5.69 Å². The molecule has 7 heteroatoms. The van der Waals surface area contributed by atoms with E-state index in [0.29, 0.717) is 12.1 Å². The summed E-state index contributed by atoms with van der Waals surface area (Å²) in [6, 6.07) is 4.82. The molecule has 0 atom stereocenters. The van der Waals surface area contributed by atoms with Gasteiger partial charge < -0.3 is 0 Å². The van der Waals surface area contributed by atoms with Crippen LogP contribution in [0.4, 0.5) is 5.69 Å². The number of halogens is 1. The highest BCUT2D eigenvalue weighted by Crippen LogP contribution is 2.23. The zero-order valence-corrected chi connectivity index (χ0v) is 9.66. The van der Waals surface area contributed by atoms with E-state index in [4.69, 9.17) is 0 Å². The molecule has 1 aromatic heterocycles. The average molecular weight is 283 g/mol. The van der Waals surface area contributed by atoms with E-state index in [9.17, 15) is 10.1 Å². The van der Waals surface area contributed by atoms with E-state index in [-0.39, 0.29) is 5.69 Å². The van der Waals surface area contributed by atoms with Gasteiger partial charge in [-0.2, -0.15) is 5.10 Å². The Balaban J connectivity index is 2.38. The van der Waals surface area contributed by atoms with Crippen LogP contribution in [0.3, 0.4) is 0 Å². The summed E-state index contributed by atoms with van der Waals surface area (Å²) < 4.78 is 2.34. The van der Waals surface area contributed by atoms with Gasteiger partial charge in [-0.25, -0.2) is 9.67 Å². The first-order valence-corrected chi connectivity index (χ1v) is 5.21. The molecule has 0 saturated carbocycles. The molecule has 0 fully saturated rings. The van der Waals surface area contributed by atoms with Crippen LogP contribution in [0.25, 0.3) is 0 Å². The first-order chi connectivity index (χ1) is 7.66. The van der Waals surface area contributed by atoms with Crippen molar-refractivity contribution in [2.75, 3.05) is 0 Å². The van der Waals surface area contributed by atoms with Gasteiger partial charge in [-0.05, 0) is 12.1 Å². The summed E-state index contributed by atoms with van der Waals surface area (Å²) in [5.74, 6) is 0. The molecule has 0 aliphatic carbocycles. The average Bonchev–Trinajstić information content (AvgIpc) is 2.70. The van der Waals surface area contributed by atoms with Crippen molar-refractivity contribution in [3.63, 3.8) is 0 Å². The van der Waals surface area contributed by atoms with Gasteiger partial charge in [0.15, 0.2) is 0 Å². The van der Waals surface area contributed by atoms with Crippen LogP contribution in [0, 0.1) is 10.1 Å². The fourth-order valence-corrected chi connectivity index (χ4v) is 1.76. The monoisotopic (exact) mass is 282 g/mol. The highest BCUT2D eigenvalue weighted by atomic mass is 79.9. The predicted molar refractivity (Wildman–Crippen MR) is 59.9 cm³/mol. The van der Waals surface area contributed by atoms with E-state index in [0.717, 1.165) is 4.47 Å². The molecule has 0 aliphatic rings. The third-order valence-electron chi connectivity index (χ3n) is 2.04. The minimum atomic E-state index is -0.404. The normalized spacial score (nSPS) is 10.3. The smallest absolute Gasteiger partial charge is 0.258 e. The third-order valence-corrected chi connectivity index (χ3v) is 2.53. The maximum absolute atomic E-state index is 10.8. The van der Waals surface area contributed by atoms with Crippen LogP contribution in [-0.4, -0.2) is 19.7 Å². The number of nitro benzene ring substituents is 1. The number of hydrogen-bond donors (Lipinski definition) is 0. The molecule has 82 valence electrons. The topological polar surface area (TPSA) is 73.8 Å². The molecule has 0 spiro atoms. The lowest BCUT2D eigenvalue weighted by Gasteiger charge is -2.03. The fraction of sp³-hybridized carbons (Fsp3) is 0.111. The molecule has 0 aliphatic heterocycles. The number of nitro groups is 1. The van der Waals surface area contributed by atoms with E-state index in [2.05, 4.69) is 26.0 Å². The van der Waals surface area contributed by atoms with Gasteiger partial charge in [0.2, 0.25) is 0 Å². The summed E-state index contributed by atoms with van der Waals surface area (Å²) in [5.41, 5.74) is 0.670. The molecule has 1 heterocycles. The first kappa shape index (κ1) is 10.7. The maximum Gasteiger partial charge on any atom is 0.274 e. The van der Waals surface area contributed by atoms with Crippen LogP contribution in [0.5, 0.6) is 0 Å². The van der Waals surface area contributed by atoms with Gasteiger partial charge >= 0.3 is 0 Å². The van der Waals surface area contributed by atoms with E-state index in [1.165, 1.54) is 23.4 Å². The summed E-state index contributed by atoms with van der Waals surface area (Å²) in [7, 11) is 0.